The molecular weight excluding hydrogens is 300 g/mol. The van der Waals surface area contributed by atoms with Crippen LogP contribution in [0.4, 0.5) is 0 Å². The van der Waals surface area contributed by atoms with Crippen LogP contribution in [0.25, 0.3) is 0 Å². The van der Waals surface area contributed by atoms with Gasteiger partial charge in [-0.25, -0.2) is 0 Å². The van der Waals surface area contributed by atoms with Gasteiger partial charge in [-0.1, -0.05) is 0 Å². The molecule has 0 bridgehead atoms. The number of nitrogens with two attached hydrogens (primary N) is 1. The molecule has 0 fully saturated rings. The lowest BCUT2D eigenvalue weighted by Crippen LogP contribution is -2.28. The van der Waals surface area contributed by atoms with E-state index in [1.165, 1.54) is 10.4 Å². The number of aryl methyl sites for hydroxylation is 2. The molecule has 6 heteroatoms. The smallest absolute Gasteiger partial charge is 0.0567 e. The summed E-state index contributed by atoms with van der Waals surface area (Å²) in [6, 6.07) is 2.23. The lowest BCUT2D eigenvalue weighted by Gasteiger charge is -2.14. The first-order chi connectivity index (χ1) is 8.20. The van der Waals surface area contributed by atoms with Gasteiger partial charge in [-0.15, -0.1) is 11.3 Å². The number of hydrogen-bond acceptors (Lipinski definition) is 4. The molecule has 3 N–H and O–H groups in total. The molecular formula is C11H15BrN4S. The summed E-state index contributed by atoms with van der Waals surface area (Å²) in [6.45, 7) is 0. The van der Waals surface area contributed by atoms with E-state index in [0.29, 0.717) is 0 Å². The third-order valence-electron chi connectivity index (χ3n) is 2.64. The maximum atomic E-state index is 5.62. The first-order valence-corrected chi connectivity index (χ1v) is 7.04. The molecule has 0 aromatic carbocycles. The number of nitrogens with zero attached hydrogens (tertiary/aromatic N) is 2. The van der Waals surface area contributed by atoms with Crippen LogP contribution in [0.1, 0.15) is 22.9 Å². The summed E-state index contributed by atoms with van der Waals surface area (Å²) >= 11 is 5.25. The molecule has 1 atom stereocenters. The van der Waals surface area contributed by atoms with E-state index in [9.17, 15) is 0 Å². The van der Waals surface area contributed by atoms with Crippen LogP contribution in [-0.4, -0.2) is 9.78 Å². The second kappa shape index (κ2) is 5.77. The summed E-state index contributed by atoms with van der Waals surface area (Å²) < 4.78 is 2.94. The molecule has 17 heavy (non-hydrogen) atoms. The Labute approximate surface area is 113 Å². The van der Waals surface area contributed by atoms with Crippen molar-refractivity contribution < 1.29 is 0 Å². The minimum atomic E-state index is 0.185. The van der Waals surface area contributed by atoms with Gasteiger partial charge in [-0.2, -0.15) is 5.10 Å². The van der Waals surface area contributed by atoms with Crippen LogP contribution in [0.15, 0.2) is 28.3 Å². The zero-order chi connectivity index (χ0) is 12.3. The highest BCUT2D eigenvalue weighted by Gasteiger charge is 2.14. The van der Waals surface area contributed by atoms with Crippen molar-refractivity contribution in [2.45, 2.75) is 18.9 Å². The number of halogens is 1. The first-order valence-electron chi connectivity index (χ1n) is 5.37. The largest absolute Gasteiger partial charge is 0.276 e. The molecule has 92 valence electrons. The van der Waals surface area contributed by atoms with Gasteiger partial charge in [-0.3, -0.25) is 16.0 Å². The average molecular weight is 315 g/mol. The summed E-state index contributed by atoms with van der Waals surface area (Å²) in [7, 11) is 1.93. The van der Waals surface area contributed by atoms with Crippen molar-refractivity contribution in [3.63, 3.8) is 0 Å². The summed E-state index contributed by atoms with van der Waals surface area (Å²) in [5.41, 5.74) is 4.11. The van der Waals surface area contributed by atoms with Gasteiger partial charge in [0.05, 0.1) is 12.2 Å². The Morgan fingerprint density at radius 1 is 1.65 bits per heavy atom. The molecule has 4 nitrogen and oxygen atoms in total. The summed E-state index contributed by atoms with van der Waals surface area (Å²) in [5, 5.41) is 6.22. The van der Waals surface area contributed by atoms with Gasteiger partial charge in [0.15, 0.2) is 0 Å². The normalized spacial score (nSPS) is 12.9. The Hall–Kier alpha value is -0.690. The quantitative estimate of drug-likeness (QED) is 0.658. The summed E-state index contributed by atoms with van der Waals surface area (Å²) in [4.78, 5) is 1.25. The van der Waals surface area contributed by atoms with E-state index in [-0.39, 0.29) is 6.04 Å². The van der Waals surface area contributed by atoms with Crippen molar-refractivity contribution in [2.24, 2.45) is 12.9 Å². The van der Waals surface area contributed by atoms with E-state index in [0.717, 1.165) is 17.3 Å². The van der Waals surface area contributed by atoms with Gasteiger partial charge < -0.3 is 0 Å². The third-order valence-corrected chi connectivity index (χ3v) is 4.63. The number of nitrogens with one attached hydrogen (secondary N) is 1. The monoisotopic (exact) mass is 314 g/mol. The van der Waals surface area contributed by atoms with Crippen LogP contribution in [0, 0.1) is 0 Å². The van der Waals surface area contributed by atoms with Crippen LogP contribution < -0.4 is 11.3 Å². The Kier molecular flexibility index (Phi) is 4.33. The minimum absolute atomic E-state index is 0.185. The highest BCUT2D eigenvalue weighted by molar-refractivity contribution is 9.10. The third kappa shape index (κ3) is 3.16. The standard InChI is InChI=1S/C11H15BrN4S/c1-16-7-8(6-14-16)2-3-10(15-13)11-9(12)4-5-17-11/h4-7,10,15H,2-3,13H2,1H3. The summed E-state index contributed by atoms with van der Waals surface area (Å²) in [6.07, 6.45) is 5.86. The van der Waals surface area contributed by atoms with Gasteiger partial charge >= 0.3 is 0 Å². The van der Waals surface area contributed by atoms with Crippen molar-refractivity contribution in [2.75, 3.05) is 0 Å². The van der Waals surface area contributed by atoms with Gasteiger partial charge in [0.25, 0.3) is 0 Å². The van der Waals surface area contributed by atoms with E-state index in [1.54, 1.807) is 11.3 Å². The van der Waals surface area contributed by atoms with Crippen molar-refractivity contribution in [1.82, 2.24) is 15.2 Å². The van der Waals surface area contributed by atoms with Gasteiger partial charge in [0.2, 0.25) is 0 Å². The molecule has 2 aromatic heterocycles. The molecule has 0 aliphatic rings. The molecule has 0 aliphatic carbocycles. The van der Waals surface area contributed by atoms with Crippen LogP contribution in [0.2, 0.25) is 0 Å². The molecule has 0 saturated carbocycles. The van der Waals surface area contributed by atoms with Gasteiger partial charge in [0.1, 0.15) is 0 Å². The van der Waals surface area contributed by atoms with E-state index in [4.69, 9.17) is 5.84 Å². The number of hydrogen-bond donors (Lipinski definition) is 2. The average Bonchev–Trinajstić information content (AvgIpc) is 2.90. The molecule has 0 spiro atoms. The molecule has 0 amide bonds. The van der Waals surface area contributed by atoms with Crippen LogP contribution in [0.5, 0.6) is 0 Å². The molecule has 2 rings (SSSR count). The molecule has 2 heterocycles. The highest BCUT2D eigenvalue weighted by Crippen LogP contribution is 2.31. The second-order valence-corrected chi connectivity index (χ2v) is 5.72. The fourth-order valence-electron chi connectivity index (χ4n) is 1.76. The van der Waals surface area contributed by atoms with E-state index >= 15 is 0 Å². The zero-order valence-corrected chi connectivity index (χ0v) is 12.0. The van der Waals surface area contributed by atoms with Crippen LogP contribution >= 0.6 is 27.3 Å². The zero-order valence-electron chi connectivity index (χ0n) is 9.56. The highest BCUT2D eigenvalue weighted by atomic mass is 79.9. The first kappa shape index (κ1) is 12.8. The number of aromatic nitrogens is 2. The van der Waals surface area contributed by atoms with Crippen LogP contribution in [0.3, 0.4) is 0 Å². The second-order valence-electron chi connectivity index (χ2n) is 3.91. The lowest BCUT2D eigenvalue weighted by molar-refractivity contribution is 0.522. The molecule has 0 saturated heterocycles. The van der Waals surface area contributed by atoms with Crippen molar-refractivity contribution >= 4 is 27.3 Å². The number of thiophene rings is 1. The maximum absolute atomic E-state index is 5.62. The fraction of sp³-hybridized carbons (Fsp3) is 0.364. The van der Waals surface area contributed by atoms with Crippen LogP contribution in [-0.2, 0) is 13.5 Å². The Bertz CT molecular complexity index is 479. The minimum Gasteiger partial charge on any atom is -0.276 e. The fourth-order valence-corrected chi connectivity index (χ4v) is 3.50. The van der Waals surface area contributed by atoms with Crippen molar-refractivity contribution in [1.29, 1.82) is 0 Å². The predicted octanol–water partition coefficient (Wildman–Crippen LogP) is 2.38. The SMILES string of the molecule is Cn1cc(CCC(NN)c2sccc2Br)cn1. The maximum Gasteiger partial charge on any atom is 0.0567 e. The lowest BCUT2D eigenvalue weighted by atomic mass is 10.1. The summed E-state index contributed by atoms with van der Waals surface area (Å²) in [5.74, 6) is 5.62. The van der Waals surface area contributed by atoms with Gasteiger partial charge in [-0.05, 0) is 45.8 Å². The van der Waals surface area contributed by atoms with Gasteiger partial charge in [0, 0.05) is 22.6 Å². The molecule has 0 radical (unpaired) electrons. The molecule has 1 unspecified atom stereocenters. The number of hydrazine groups is 1. The van der Waals surface area contributed by atoms with Crippen molar-refractivity contribution in [3.8, 4) is 0 Å². The van der Waals surface area contributed by atoms with E-state index < -0.39 is 0 Å². The van der Waals surface area contributed by atoms with E-state index in [2.05, 4.69) is 37.9 Å². The molecule has 2 aromatic rings. The predicted molar refractivity (Wildman–Crippen MR) is 73.6 cm³/mol. The topological polar surface area (TPSA) is 55.9 Å². The Balaban J connectivity index is 1.99. The van der Waals surface area contributed by atoms with E-state index in [1.807, 2.05) is 24.1 Å². The van der Waals surface area contributed by atoms with Crippen molar-refractivity contribution in [3.05, 3.63) is 38.8 Å². The molecule has 0 aliphatic heterocycles. The Morgan fingerprint density at radius 3 is 3.00 bits per heavy atom. The Morgan fingerprint density at radius 2 is 2.47 bits per heavy atom. The number of rotatable bonds is 5.